The number of hydrogen-bond acceptors (Lipinski definition) is 5. The Kier molecular flexibility index (Phi) is 8.41. The predicted octanol–water partition coefficient (Wildman–Crippen LogP) is 4.05. The molecule has 1 aliphatic heterocycles. The van der Waals surface area contributed by atoms with E-state index < -0.39 is 0 Å². The summed E-state index contributed by atoms with van der Waals surface area (Å²) in [6.07, 6.45) is 0. The maximum atomic E-state index is 12.5. The zero-order chi connectivity index (χ0) is 20.6. The van der Waals surface area contributed by atoms with E-state index in [0.717, 1.165) is 41.4 Å². The van der Waals surface area contributed by atoms with Crippen molar-refractivity contribution < 1.29 is 14.3 Å². The quantitative estimate of drug-likeness (QED) is 0.580. The SMILES string of the molecule is COc1ccc(C(CNC(=O)CSc2ccc(Br)cc2C)N2CCOCC2)cc1. The number of carbonyl (C=O) groups is 1. The number of nitrogens with zero attached hydrogens (tertiary/aromatic N) is 1. The van der Waals surface area contributed by atoms with Gasteiger partial charge in [0, 0.05) is 29.0 Å². The Bertz CT molecular complexity index is 810. The molecule has 0 radical (unpaired) electrons. The van der Waals surface area contributed by atoms with Crippen LogP contribution in [0.5, 0.6) is 5.75 Å². The molecule has 3 rings (SSSR count). The van der Waals surface area contributed by atoms with Gasteiger partial charge in [-0.25, -0.2) is 0 Å². The minimum Gasteiger partial charge on any atom is -0.497 e. The molecule has 1 N–H and O–H groups in total. The van der Waals surface area contributed by atoms with Crippen LogP contribution in [0.2, 0.25) is 0 Å². The number of methoxy groups -OCH3 is 1. The molecule has 1 atom stereocenters. The molecule has 2 aromatic carbocycles. The normalized spacial score (nSPS) is 15.7. The van der Waals surface area contributed by atoms with Crippen LogP contribution in [-0.4, -0.2) is 56.5 Å². The number of thioether (sulfide) groups is 1. The molecule has 7 heteroatoms. The van der Waals surface area contributed by atoms with Gasteiger partial charge in [0.1, 0.15) is 5.75 Å². The molecule has 1 aliphatic rings. The molecular formula is C22H27BrN2O3S. The van der Waals surface area contributed by atoms with E-state index in [0.29, 0.717) is 12.3 Å². The fourth-order valence-corrected chi connectivity index (χ4v) is 4.67. The van der Waals surface area contributed by atoms with E-state index in [4.69, 9.17) is 9.47 Å². The molecule has 0 aromatic heterocycles. The number of carbonyl (C=O) groups excluding carboxylic acids is 1. The number of nitrogens with one attached hydrogen (secondary N) is 1. The van der Waals surface area contributed by atoms with Gasteiger partial charge in [-0.3, -0.25) is 9.69 Å². The predicted molar refractivity (Wildman–Crippen MR) is 121 cm³/mol. The summed E-state index contributed by atoms with van der Waals surface area (Å²) in [6.45, 7) is 5.80. The molecule has 0 spiro atoms. The van der Waals surface area contributed by atoms with Crippen LogP contribution in [0.15, 0.2) is 51.8 Å². The Morgan fingerprint density at radius 3 is 2.62 bits per heavy atom. The number of aryl methyl sites for hydroxylation is 1. The maximum Gasteiger partial charge on any atom is 0.230 e. The number of halogens is 1. The molecule has 29 heavy (non-hydrogen) atoms. The minimum absolute atomic E-state index is 0.0455. The van der Waals surface area contributed by atoms with Crippen LogP contribution >= 0.6 is 27.7 Å². The summed E-state index contributed by atoms with van der Waals surface area (Å²) in [4.78, 5) is 16.0. The van der Waals surface area contributed by atoms with Crippen LogP contribution in [0.1, 0.15) is 17.2 Å². The first-order valence-electron chi connectivity index (χ1n) is 9.68. The van der Waals surface area contributed by atoms with Crippen molar-refractivity contribution in [3.05, 3.63) is 58.1 Å². The van der Waals surface area contributed by atoms with E-state index in [1.807, 2.05) is 24.3 Å². The highest BCUT2D eigenvalue weighted by molar-refractivity contribution is 9.10. The van der Waals surface area contributed by atoms with Crippen LogP contribution in [0.3, 0.4) is 0 Å². The third-order valence-electron chi connectivity index (χ3n) is 4.98. The Balaban J connectivity index is 1.60. The highest BCUT2D eigenvalue weighted by Gasteiger charge is 2.23. The number of ether oxygens (including phenoxy) is 2. The minimum atomic E-state index is 0.0455. The number of morpholine rings is 1. The lowest BCUT2D eigenvalue weighted by molar-refractivity contribution is -0.118. The molecule has 0 aliphatic carbocycles. The molecule has 156 valence electrons. The third-order valence-corrected chi connectivity index (χ3v) is 6.64. The molecule has 0 saturated carbocycles. The zero-order valence-corrected chi connectivity index (χ0v) is 19.2. The van der Waals surface area contributed by atoms with E-state index in [-0.39, 0.29) is 11.9 Å². The van der Waals surface area contributed by atoms with E-state index in [1.54, 1.807) is 18.9 Å². The number of benzene rings is 2. The Morgan fingerprint density at radius 1 is 1.24 bits per heavy atom. The van der Waals surface area contributed by atoms with Gasteiger partial charge in [-0.2, -0.15) is 0 Å². The van der Waals surface area contributed by atoms with Gasteiger partial charge in [-0.15, -0.1) is 11.8 Å². The summed E-state index contributed by atoms with van der Waals surface area (Å²) < 4.78 is 11.8. The first-order valence-corrected chi connectivity index (χ1v) is 11.5. The fraction of sp³-hybridized carbons (Fsp3) is 0.409. The topological polar surface area (TPSA) is 50.8 Å². The van der Waals surface area contributed by atoms with E-state index in [9.17, 15) is 4.79 Å². The largest absolute Gasteiger partial charge is 0.497 e. The van der Waals surface area contributed by atoms with Crippen LogP contribution in [0.4, 0.5) is 0 Å². The molecule has 2 aromatic rings. The van der Waals surface area contributed by atoms with Gasteiger partial charge in [0.2, 0.25) is 5.91 Å². The van der Waals surface area contributed by atoms with E-state index in [1.165, 1.54) is 11.1 Å². The van der Waals surface area contributed by atoms with Crippen LogP contribution in [0.25, 0.3) is 0 Å². The second kappa shape index (κ2) is 11.0. The number of hydrogen-bond donors (Lipinski definition) is 1. The van der Waals surface area contributed by atoms with Crippen molar-refractivity contribution in [1.82, 2.24) is 10.2 Å². The van der Waals surface area contributed by atoms with Crippen molar-refractivity contribution in [2.24, 2.45) is 0 Å². The average Bonchev–Trinajstić information content (AvgIpc) is 2.74. The Morgan fingerprint density at radius 2 is 1.97 bits per heavy atom. The molecule has 1 heterocycles. The van der Waals surface area contributed by atoms with Crippen LogP contribution in [-0.2, 0) is 9.53 Å². The first-order chi connectivity index (χ1) is 14.1. The number of rotatable bonds is 8. The lowest BCUT2D eigenvalue weighted by Gasteiger charge is -2.35. The Labute approximate surface area is 185 Å². The zero-order valence-electron chi connectivity index (χ0n) is 16.8. The summed E-state index contributed by atoms with van der Waals surface area (Å²) >= 11 is 5.04. The highest BCUT2D eigenvalue weighted by Crippen LogP contribution is 2.26. The summed E-state index contributed by atoms with van der Waals surface area (Å²) in [5.41, 5.74) is 2.34. The first kappa shape index (κ1) is 22.2. The molecular weight excluding hydrogens is 452 g/mol. The molecule has 1 fully saturated rings. The fourth-order valence-electron chi connectivity index (χ4n) is 3.35. The molecule has 1 amide bonds. The lowest BCUT2D eigenvalue weighted by Crippen LogP contribution is -2.44. The van der Waals surface area contributed by atoms with Gasteiger partial charge < -0.3 is 14.8 Å². The van der Waals surface area contributed by atoms with E-state index >= 15 is 0 Å². The van der Waals surface area contributed by atoms with Gasteiger partial charge >= 0.3 is 0 Å². The van der Waals surface area contributed by atoms with Crippen molar-refractivity contribution in [2.45, 2.75) is 17.9 Å². The Hall–Kier alpha value is -1.54. The average molecular weight is 479 g/mol. The molecule has 1 saturated heterocycles. The molecule has 5 nitrogen and oxygen atoms in total. The standard InChI is InChI=1S/C22H27BrN2O3S/c1-16-13-18(23)5-8-21(16)29-15-22(26)24-14-20(25-9-11-28-12-10-25)17-3-6-19(27-2)7-4-17/h3-8,13,20H,9-12,14-15H2,1-2H3,(H,24,26). The monoisotopic (exact) mass is 478 g/mol. The lowest BCUT2D eigenvalue weighted by atomic mass is 10.0. The molecule has 0 bridgehead atoms. The third kappa shape index (κ3) is 6.47. The van der Waals surface area contributed by atoms with Crippen molar-refractivity contribution in [3.8, 4) is 5.75 Å². The van der Waals surface area contributed by atoms with Crippen molar-refractivity contribution in [2.75, 3.05) is 45.7 Å². The summed E-state index contributed by atoms with van der Waals surface area (Å²) in [6, 6.07) is 14.3. The van der Waals surface area contributed by atoms with Crippen LogP contribution < -0.4 is 10.1 Å². The highest BCUT2D eigenvalue weighted by atomic mass is 79.9. The van der Waals surface area contributed by atoms with Gasteiger partial charge in [0.15, 0.2) is 0 Å². The second-order valence-corrected chi connectivity index (χ2v) is 8.87. The smallest absolute Gasteiger partial charge is 0.230 e. The van der Waals surface area contributed by atoms with Crippen LogP contribution in [0, 0.1) is 6.92 Å². The van der Waals surface area contributed by atoms with Gasteiger partial charge in [0.05, 0.1) is 32.1 Å². The molecule has 1 unspecified atom stereocenters. The summed E-state index contributed by atoms with van der Waals surface area (Å²) in [7, 11) is 1.67. The second-order valence-electron chi connectivity index (χ2n) is 6.94. The van der Waals surface area contributed by atoms with Crippen molar-refractivity contribution >= 4 is 33.6 Å². The maximum absolute atomic E-state index is 12.5. The summed E-state index contributed by atoms with van der Waals surface area (Å²) in [5, 5.41) is 3.13. The van der Waals surface area contributed by atoms with Gasteiger partial charge in [0.25, 0.3) is 0 Å². The number of amides is 1. The van der Waals surface area contributed by atoms with Gasteiger partial charge in [-0.1, -0.05) is 28.1 Å². The van der Waals surface area contributed by atoms with E-state index in [2.05, 4.69) is 51.3 Å². The van der Waals surface area contributed by atoms with Gasteiger partial charge in [-0.05, 0) is 48.4 Å². The van der Waals surface area contributed by atoms with Crippen molar-refractivity contribution in [3.63, 3.8) is 0 Å². The van der Waals surface area contributed by atoms with Crippen molar-refractivity contribution in [1.29, 1.82) is 0 Å². The summed E-state index contributed by atoms with van der Waals surface area (Å²) in [5.74, 6) is 1.28.